The van der Waals surface area contributed by atoms with Gasteiger partial charge in [-0.25, -0.2) is 4.98 Å². The zero-order valence-corrected chi connectivity index (χ0v) is 12.3. The fraction of sp³-hybridized carbons (Fsp3) is 0. The highest BCUT2D eigenvalue weighted by Gasteiger charge is 2.12. The van der Waals surface area contributed by atoms with Gasteiger partial charge in [-0.2, -0.15) is 0 Å². The van der Waals surface area contributed by atoms with Crippen molar-refractivity contribution in [1.29, 1.82) is 0 Å². The Morgan fingerprint density at radius 2 is 1.65 bits per heavy atom. The molecule has 0 aliphatic heterocycles. The van der Waals surface area contributed by atoms with Crippen LogP contribution in [0.3, 0.4) is 0 Å². The predicted molar refractivity (Wildman–Crippen MR) is 89.8 cm³/mol. The molecule has 1 heterocycles. The molecule has 0 aliphatic rings. The lowest BCUT2D eigenvalue weighted by Crippen LogP contribution is -1.83. The number of rotatable bonds is 1. The van der Waals surface area contributed by atoms with Crippen molar-refractivity contribution in [1.82, 2.24) is 4.98 Å². The summed E-state index contributed by atoms with van der Waals surface area (Å²) in [6.45, 7) is 0. The smallest absolute Gasteiger partial charge is 0.126 e. The maximum Gasteiger partial charge on any atom is 0.126 e. The zero-order chi connectivity index (χ0) is 13.5. The molecular formula is C17H11NS2. The van der Waals surface area contributed by atoms with E-state index in [1.807, 2.05) is 12.1 Å². The van der Waals surface area contributed by atoms with Crippen LogP contribution in [0.1, 0.15) is 0 Å². The molecule has 1 aromatic heterocycles. The quantitative estimate of drug-likeness (QED) is 0.463. The van der Waals surface area contributed by atoms with Crippen LogP contribution in [0.2, 0.25) is 0 Å². The Bertz CT molecular complexity index is 891. The number of para-hydroxylation sites is 1. The monoisotopic (exact) mass is 293 g/mol. The molecule has 4 rings (SSSR count). The highest BCUT2D eigenvalue weighted by atomic mass is 32.1. The molecule has 0 saturated carbocycles. The van der Waals surface area contributed by atoms with Gasteiger partial charge in [-0.1, -0.05) is 42.5 Å². The van der Waals surface area contributed by atoms with E-state index in [1.165, 1.54) is 15.5 Å². The fourth-order valence-electron chi connectivity index (χ4n) is 2.46. The van der Waals surface area contributed by atoms with Crippen molar-refractivity contribution < 1.29 is 0 Å². The minimum Gasteiger partial charge on any atom is -0.236 e. The zero-order valence-electron chi connectivity index (χ0n) is 10.6. The van der Waals surface area contributed by atoms with Crippen molar-refractivity contribution in [3.63, 3.8) is 0 Å². The lowest BCUT2D eigenvalue weighted by atomic mass is 10.1. The Morgan fingerprint density at radius 1 is 0.850 bits per heavy atom. The van der Waals surface area contributed by atoms with E-state index in [4.69, 9.17) is 4.98 Å². The molecule has 0 amide bonds. The van der Waals surface area contributed by atoms with Gasteiger partial charge in [-0.3, -0.25) is 0 Å². The van der Waals surface area contributed by atoms with Crippen LogP contribution in [-0.4, -0.2) is 4.98 Å². The molecule has 0 atom stereocenters. The molecule has 0 spiro atoms. The van der Waals surface area contributed by atoms with Gasteiger partial charge in [0.05, 0.1) is 10.2 Å². The molecule has 0 unspecified atom stereocenters. The summed E-state index contributed by atoms with van der Waals surface area (Å²) in [7, 11) is 0. The lowest BCUT2D eigenvalue weighted by molar-refractivity contribution is 1.43. The van der Waals surface area contributed by atoms with Gasteiger partial charge in [0.1, 0.15) is 5.01 Å². The lowest BCUT2D eigenvalue weighted by Gasteiger charge is -2.06. The van der Waals surface area contributed by atoms with Crippen LogP contribution < -0.4 is 0 Å². The van der Waals surface area contributed by atoms with Gasteiger partial charge >= 0.3 is 0 Å². The second kappa shape index (κ2) is 4.62. The average Bonchev–Trinajstić information content (AvgIpc) is 2.90. The SMILES string of the molecule is Sc1ccc2ccccc2c1-c1nc2ccccc2s1. The van der Waals surface area contributed by atoms with E-state index < -0.39 is 0 Å². The molecule has 0 radical (unpaired) electrons. The molecule has 3 aromatic carbocycles. The summed E-state index contributed by atoms with van der Waals surface area (Å²) in [5.41, 5.74) is 2.18. The molecule has 4 aromatic rings. The second-order valence-electron chi connectivity index (χ2n) is 4.67. The Hall–Kier alpha value is -1.84. The minimum atomic E-state index is 0.975. The number of hydrogen-bond donors (Lipinski definition) is 1. The van der Waals surface area contributed by atoms with Crippen LogP contribution in [0, 0.1) is 0 Å². The first-order chi connectivity index (χ1) is 9.83. The van der Waals surface area contributed by atoms with Crippen LogP contribution in [0.15, 0.2) is 65.6 Å². The molecule has 0 N–H and O–H groups in total. The maximum atomic E-state index is 4.76. The van der Waals surface area contributed by atoms with Crippen molar-refractivity contribution in [3.05, 3.63) is 60.7 Å². The molecule has 0 bridgehead atoms. The average molecular weight is 293 g/mol. The molecule has 3 heteroatoms. The maximum absolute atomic E-state index is 4.76. The van der Waals surface area contributed by atoms with Crippen LogP contribution in [-0.2, 0) is 0 Å². The van der Waals surface area contributed by atoms with E-state index in [1.54, 1.807) is 11.3 Å². The van der Waals surface area contributed by atoms with Crippen LogP contribution in [0.4, 0.5) is 0 Å². The summed E-state index contributed by atoms with van der Waals surface area (Å²) in [5, 5.41) is 3.46. The number of hydrogen-bond acceptors (Lipinski definition) is 3. The number of thiol groups is 1. The van der Waals surface area contributed by atoms with E-state index in [-0.39, 0.29) is 0 Å². The highest BCUT2D eigenvalue weighted by molar-refractivity contribution is 7.80. The van der Waals surface area contributed by atoms with Crippen LogP contribution in [0.5, 0.6) is 0 Å². The molecule has 96 valence electrons. The van der Waals surface area contributed by atoms with E-state index in [0.717, 1.165) is 21.0 Å². The normalized spacial score (nSPS) is 11.2. The van der Waals surface area contributed by atoms with Crippen molar-refractivity contribution in [2.45, 2.75) is 4.90 Å². The van der Waals surface area contributed by atoms with Crippen molar-refractivity contribution >= 4 is 45.0 Å². The summed E-state index contributed by atoms with van der Waals surface area (Å²) in [5.74, 6) is 0. The topological polar surface area (TPSA) is 12.9 Å². The Kier molecular flexibility index (Phi) is 2.76. The molecule has 0 aliphatic carbocycles. The van der Waals surface area contributed by atoms with Crippen LogP contribution >= 0.6 is 24.0 Å². The standard InChI is InChI=1S/C17H11NS2/c19-14-10-9-11-5-1-2-6-12(11)16(14)17-18-13-7-3-4-8-15(13)20-17/h1-10,19H. The number of fused-ring (bicyclic) bond motifs is 2. The van der Waals surface area contributed by atoms with Gasteiger partial charge in [0, 0.05) is 10.5 Å². The van der Waals surface area contributed by atoms with Gasteiger partial charge in [-0.05, 0) is 29.0 Å². The number of aromatic nitrogens is 1. The van der Waals surface area contributed by atoms with Gasteiger partial charge < -0.3 is 0 Å². The molecular weight excluding hydrogens is 282 g/mol. The molecule has 1 nitrogen and oxygen atoms in total. The van der Waals surface area contributed by atoms with Crippen molar-refractivity contribution in [2.24, 2.45) is 0 Å². The van der Waals surface area contributed by atoms with E-state index >= 15 is 0 Å². The first-order valence-corrected chi connectivity index (χ1v) is 7.66. The Morgan fingerprint density at radius 3 is 2.55 bits per heavy atom. The van der Waals surface area contributed by atoms with E-state index in [9.17, 15) is 0 Å². The second-order valence-corrected chi connectivity index (χ2v) is 6.18. The molecule has 0 fully saturated rings. The van der Waals surface area contributed by atoms with E-state index in [0.29, 0.717) is 0 Å². The summed E-state index contributed by atoms with van der Waals surface area (Å²) in [6.07, 6.45) is 0. The first-order valence-electron chi connectivity index (χ1n) is 6.39. The third kappa shape index (κ3) is 1.82. The minimum absolute atomic E-state index is 0.975. The number of thiazole rings is 1. The third-order valence-electron chi connectivity index (χ3n) is 3.41. The van der Waals surface area contributed by atoms with Gasteiger partial charge in [0.15, 0.2) is 0 Å². The van der Waals surface area contributed by atoms with Gasteiger partial charge in [0.2, 0.25) is 0 Å². The van der Waals surface area contributed by atoms with Gasteiger partial charge in [0.25, 0.3) is 0 Å². The molecule has 20 heavy (non-hydrogen) atoms. The van der Waals surface area contributed by atoms with Gasteiger partial charge in [-0.15, -0.1) is 24.0 Å². The van der Waals surface area contributed by atoms with Crippen molar-refractivity contribution in [2.75, 3.05) is 0 Å². The molecule has 0 saturated heterocycles. The summed E-state index contributed by atoms with van der Waals surface area (Å²) < 4.78 is 1.21. The van der Waals surface area contributed by atoms with Crippen LogP contribution in [0.25, 0.3) is 31.6 Å². The fourth-order valence-corrected chi connectivity index (χ4v) is 3.88. The summed E-state index contributed by atoms with van der Waals surface area (Å²) >= 11 is 6.35. The Balaban J connectivity index is 2.08. The highest BCUT2D eigenvalue weighted by Crippen LogP contribution is 2.38. The largest absolute Gasteiger partial charge is 0.236 e. The third-order valence-corrected chi connectivity index (χ3v) is 4.84. The predicted octanol–water partition coefficient (Wildman–Crippen LogP) is 5.41. The van der Waals surface area contributed by atoms with E-state index in [2.05, 4.69) is 61.2 Å². The number of benzene rings is 3. The number of nitrogens with zero attached hydrogens (tertiary/aromatic N) is 1. The summed E-state index contributed by atoms with van der Waals surface area (Å²) in [6, 6.07) is 20.8. The van der Waals surface area contributed by atoms with Crippen molar-refractivity contribution in [3.8, 4) is 10.6 Å². The summed E-state index contributed by atoms with van der Waals surface area (Å²) in [4.78, 5) is 5.74. The first kappa shape index (κ1) is 11.9. The Labute approximate surface area is 126 Å².